The highest BCUT2D eigenvalue weighted by Gasteiger charge is 2.27. The zero-order chi connectivity index (χ0) is 18.5. The summed E-state index contributed by atoms with van der Waals surface area (Å²) >= 11 is 0. The van der Waals surface area contributed by atoms with Gasteiger partial charge in [0.15, 0.2) is 0 Å². The van der Waals surface area contributed by atoms with E-state index in [0.717, 1.165) is 19.3 Å². The van der Waals surface area contributed by atoms with Gasteiger partial charge < -0.3 is 0 Å². The van der Waals surface area contributed by atoms with E-state index in [-0.39, 0.29) is 22.9 Å². The minimum Gasteiger partial charge on any atom is -0.207 e. The van der Waals surface area contributed by atoms with Crippen LogP contribution in [0.1, 0.15) is 19.3 Å². The Hall–Kier alpha value is -1.48. The van der Waals surface area contributed by atoms with Crippen molar-refractivity contribution in [3.8, 4) is 0 Å². The molecule has 138 valence electrons. The second-order valence-corrected chi connectivity index (χ2v) is 9.71. The van der Waals surface area contributed by atoms with E-state index in [1.165, 1.54) is 45.0 Å². The molecule has 0 spiro atoms. The van der Waals surface area contributed by atoms with Gasteiger partial charge in [-0.2, -0.15) is 8.61 Å². The molecule has 0 aliphatic carbocycles. The fourth-order valence-corrected chi connectivity index (χ4v) is 5.64. The molecule has 0 N–H and O–H groups in total. The van der Waals surface area contributed by atoms with E-state index in [0.29, 0.717) is 13.1 Å². The summed E-state index contributed by atoms with van der Waals surface area (Å²) in [6.07, 6.45) is 5.73. The Morgan fingerprint density at radius 3 is 1.84 bits per heavy atom. The molecule has 0 radical (unpaired) electrons. The molecule has 0 amide bonds. The van der Waals surface area contributed by atoms with Gasteiger partial charge in [0.2, 0.25) is 20.0 Å². The van der Waals surface area contributed by atoms with E-state index < -0.39 is 20.0 Å². The Labute approximate surface area is 150 Å². The summed E-state index contributed by atoms with van der Waals surface area (Å²) in [5, 5.41) is 0. The Balaban J connectivity index is 2.29. The van der Waals surface area contributed by atoms with E-state index in [2.05, 4.69) is 13.2 Å². The van der Waals surface area contributed by atoms with Crippen LogP contribution in [0.5, 0.6) is 0 Å². The molecule has 1 aromatic rings. The van der Waals surface area contributed by atoms with Crippen molar-refractivity contribution in [1.29, 1.82) is 0 Å². The number of hydrogen-bond donors (Lipinski definition) is 0. The first-order valence-corrected chi connectivity index (χ1v) is 11.0. The highest BCUT2D eigenvalue weighted by molar-refractivity contribution is 7.89. The van der Waals surface area contributed by atoms with E-state index in [4.69, 9.17) is 0 Å². The third kappa shape index (κ3) is 4.38. The van der Waals surface area contributed by atoms with Gasteiger partial charge in [-0.05, 0) is 37.1 Å². The second-order valence-electron chi connectivity index (χ2n) is 5.84. The van der Waals surface area contributed by atoms with Crippen LogP contribution in [0.4, 0.5) is 0 Å². The van der Waals surface area contributed by atoms with Crippen LogP contribution in [0, 0.1) is 0 Å². The molecule has 0 saturated carbocycles. The molecule has 1 aliphatic heterocycles. The monoisotopic (exact) mass is 384 g/mol. The summed E-state index contributed by atoms with van der Waals surface area (Å²) in [7, 11) is -7.30. The summed E-state index contributed by atoms with van der Waals surface area (Å²) < 4.78 is 53.2. The van der Waals surface area contributed by atoms with Crippen LogP contribution in [-0.2, 0) is 20.0 Å². The van der Waals surface area contributed by atoms with Crippen molar-refractivity contribution in [1.82, 2.24) is 8.61 Å². The van der Waals surface area contributed by atoms with E-state index in [1.54, 1.807) is 0 Å². The van der Waals surface area contributed by atoms with Crippen molar-refractivity contribution in [3.05, 3.63) is 49.6 Å². The Morgan fingerprint density at radius 2 is 1.36 bits per heavy atom. The quantitative estimate of drug-likeness (QED) is 0.644. The molecule has 1 aliphatic rings. The minimum atomic E-state index is -3.73. The molecule has 0 atom stereocenters. The summed E-state index contributed by atoms with van der Waals surface area (Å²) in [4.78, 5) is 0.168. The first-order valence-electron chi connectivity index (χ1n) is 8.16. The molecule has 25 heavy (non-hydrogen) atoms. The van der Waals surface area contributed by atoms with Gasteiger partial charge >= 0.3 is 0 Å². The Kier molecular flexibility index (Phi) is 6.56. The average Bonchev–Trinajstić information content (AvgIpc) is 2.62. The van der Waals surface area contributed by atoms with Gasteiger partial charge in [0.05, 0.1) is 9.79 Å². The van der Waals surface area contributed by atoms with Gasteiger partial charge in [0.25, 0.3) is 0 Å². The zero-order valence-electron chi connectivity index (χ0n) is 14.2. The van der Waals surface area contributed by atoms with Crippen LogP contribution in [0.25, 0.3) is 0 Å². The third-order valence-electron chi connectivity index (χ3n) is 4.08. The summed E-state index contributed by atoms with van der Waals surface area (Å²) in [5.74, 6) is 0. The standard InChI is InChI=1S/C17H24N2O4S2/c1-3-12-18(13-4-2)24(20,21)16-8-10-17(11-9-16)25(22,23)19-14-6-5-7-15-19/h3-4,8-11H,1-2,5-7,12-15H2. The number of piperidine rings is 1. The second kappa shape index (κ2) is 8.27. The van der Waals surface area contributed by atoms with Gasteiger partial charge in [-0.25, -0.2) is 16.8 Å². The zero-order valence-corrected chi connectivity index (χ0v) is 15.8. The molecule has 0 bridgehead atoms. The van der Waals surface area contributed by atoms with Crippen molar-refractivity contribution in [2.45, 2.75) is 29.1 Å². The Bertz CT molecular complexity index is 799. The maximum absolute atomic E-state index is 12.6. The predicted molar refractivity (Wildman–Crippen MR) is 98.2 cm³/mol. The lowest BCUT2D eigenvalue weighted by atomic mass is 10.2. The molecule has 1 fully saturated rings. The van der Waals surface area contributed by atoms with Crippen molar-refractivity contribution < 1.29 is 16.8 Å². The van der Waals surface area contributed by atoms with Gasteiger partial charge in [-0.3, -0.25) is 0 Å². The number of rotatable bonds is 8. The molecule has 6 nitrogen and oxygen atoms in total. The molecule has 1 saturated heterocycles. The van der Waals surface area contributed by atoms with Crippen LogP contribution >= 0.6 is 0 Å². The van der Waals surface area contributed by atoms with Crippen LogP contribution in [-0.4, -0.2) is 51.6 Å². The lowest BCUT2D eigenvalue weighted by Gasteiger charge is -2.26. The number of hydrogen-bond acceptors (Lipinski definition) is 4. The van der Waals surface area contributed by atoms with Crippen LogP contribution in [0.15, 0.2) is 59.4 Å². The maximum Gasteiger partial charge on any atom is 0.243 e. The largest absolute Gasteiger partial charge is 0.243 e. The lowest BCUT2D eigenvalue weighted by Crippen LogP contribution is -2.35. The highest BCUT2D eigenvalue weighted by Crippen LogP contribution is 2.23. The number of benzene rings is 1. The van der Waals surface area contributed by atoms with Crippen molar-refractivity contribution in [3.63, 3.8) is 0 Å². The number of sulfonamides is 2. The first kappa shape index (κ1) is 19.8. The molecule has 1 heterocycles. The molecule has 0 aromatic heterocycles. The smallest absolute Gasteiger partial charge is 0.207 e. The highest BCUT2D eigenvalue weighted by atomic mass is 32.2. The summed E-state index contributed by atoms with van der Waals surface area (Å²) in [6, 6.07) is 5.39. The fourth-order valence-electron chi connectivity index (χ4n) is 2.75. The van der Waals surface area contributed by atoms with Crippen LogP contribution in [0.3, 0.4) is 0 Å². The van der Waals surface area contributed by atoms with Gasteiger partial charge in [0.1, 0.15) is 0 Å². The molecular formula is C17H24N2O4S2. The summed E-state index contributed by atoms with van der Waals surface area (Å²) in [5.41, 5.74) is 0. The molecular weight excluding hydrogens is 360 g/mol. The van der Waals surface area contributed by atoms with Gasteiger partial charge in [0, 0.05) is 26.2 Å². The summed E-state index contributed by atoms with van der Waals surface area (Å²) in [6.45, 7) is 8.45. The van der Waals surface area contributed by atoms with E-state index in [9.17, 15) is 16.8 Å². The minimum absolute atomic E-state index is 0.0498. The molecule has 0 unspecified atom stereocenters. The van der Waals surface area contributed by atoms with E-state index >= 15 is 0 Å². The lowest BCUT2D eigenvalue weighted by molar-refractivity contribution is 0.346. The average molecular weight is 385 g/mol. The van der Waals surface area contributed by atoms with E-state index in [1.807, 2.05) is 0 Å². The van der Waals surface area contributed by atoms with Crippen molar-refractivity contribution in [2.75, 3.05) is 26.2 Å². The maximum atomic E-state index is 12.6. The van der Waals surface area contributed by atoms with Gasteiger partial charge in [-0.15, -0.1) is 13.2 Å². The van der Waals surface area contributed by atoms with Crippen LogP contribution in [0.2, 0.25) is 0 Å². The van der Waals surface area contributed by atoms with Crippen LogP contribution < -0.4 is 0 Å². The fraction of sp³-hybridized carbons (Fsp3) is 0.412. The van der Waals surface area contributed by atoms with Gasteiger partial charge in [-0.1, -0.05) is 18.6 Å². The SMILES string of the molecule is C=CCN(CC=C)S(=O)(=O)c1ccc(S(=O)(=O)N2CCCCC2)cc1. The number of nitrogens with zero attached hydrogens (tertiary/aromatic N) is 2. The Morgan fingerprint density at radius 1 is 0.880 bits per heavy atom. The first-order chi connectivity index (χ1) is 11.8. The van der Waals surface area contributed by atoms with Crippen molar-refractivity contribution in [2.24, 2.45) is 0 Å². The molecule has 8 heteroatoms. The molecule has 1 aromatic carbocycles. The normalized spacial score (nSPS) is 16.7. The predicted octanol–water partition coefficient (Wildman–Crippen LogP) is 2.22. The topological polar surface area (TPSA) is 74.8 Å². The molecule has 2 rings (SSSR count). The van der Waals surface area contributed by atoms with Crippen molar-refractivity contribution >= 4 is 20.0 Å². The third-order valence-corrected chi connectivity index (χ3v) is 7.84.